The van der Waals surface area contributed by atoms with E-state index in [1.807, 2.05) is 0 Å². The van der Waals surface area contributed by atoms with Crippen LogP contribution in [-0.4, -0.2) is 15.2 Å². The Morgan fingerprint density at radius 1 is 1.31 bits per heavy atom. The van der Waals surface area contributed by atoms with E-state index in [9.17, 15) is 0 Å². The molecule has 0 aliphatic rings. The summed E-state index contributed by atoms with van der Waals surface area (Å²) in [5.74, 6) is 2.65. The molecule has 0 aliphatic carbocycles. The Hall–Kier alpha value is -1.00. The van der Waals surface area contributed by atoms with Gasteiger partial charge in [-0.05, 0) is 19.1 Å². The van der Waals surface area contributed by atoms with Crippen molar-refractivity contribution in [2.24, 2.45) is 0 Å². The van der Waals surface area contributed by atoms with Crippen LogP contribution in [0.2, 0.25) is 0 Å². The summed E-state index contributed by atoms with van der Waals surface area (Å²) < 4.78 is 0. The maximum absolute atomic E-state index is 5.62. The minimum atomic E-state index is 0.353. The van der Waals surface area contributed by atoms with Gasteiger partial charge in [-0.3, -0.25) is 5.10 Å². The van der Waals surface area contributed by atoms with E-state index in [4.69, 9.17) is 11.6 Å². The van der Waals surface area contributed by atoms with Crippen LogP contribution in [0.5, 0.6) is 0 Å². The molecular weight excluding hydrogens is 242 g/mol. The van der Waals surface area contributed by atoms with Crippen LogP contribution in [0.1, 0.15) is 17.2 Å². The summed E-state index contributed by atoms with van der Waals surface area (Å²) in [5, 5.41) is 6.85. The van der Waals surface area contributed by atoms with Crippen molar-refractivity contribution in [3.8, 4) is 0 Å². The predicted octanol–water partition coefficient (Wildman–Crippen LogP) is 3.14. The van der Waals surface area contributed by atoms with Gasteiger partial charge in [0.25, 0.3) is 0 Å². The molecule has 84 valence electrons. The molecule has 0 unspecified atom stereocenters. The molecule has 3 nitrogen and oxygen atoms in total. The fourth-order valence-electron chi connectivity index (χ4n) is 1.25. The van der Waals surface area contributed by atoms with Crippen molar-refractivity contribution < 1.29 is 0 Å². The average molecular weight is 254 g/mol. The lowest BCUT2D eigenvalue weighted by atomic mass is 10.2. The molecule has 0 aliphatic heterocycles. The first-order valence-corrected chi connectivity index (χ1v) is 6.45. The first-order chi connectivity index (χ1) is 7.78. The van der Waals surface area contributed by atoms with Crippen molar-refractivity contribution in [2.45, 2.75) is 23.5 Å². The first kappa shape index (κ1) is 11.5. The van der Waals surface area contributed by atoms with Crippen molar-refractivity contribution in [3.63, 3.8) is 0 Å². The van der Waals surface area contributed by atoms with Crippen molar-refractivity contribution in [2.75, 3.05) is 0 Å². The number of thioether (sulfide) groups is 1. The van der Waals surface area contributed by atoms with Gasteiger partial charge >= 0.3 is 0 Å². The van der Waals surface area contributed by atoms with Crippen LogP contribution in [0, 0.1) is 6.92 Å². The molecule has 2 aromatic rings. The number of halogens is 1. The number of hydrogen-bond acceptors (Lipinski definition) is 3. The SMILES string of the molecule is Cc1ccc(SCc2nc(CCl)n[nH]2)cc1. The first-order valence-electron chi connectivity index (χ1n) is 4.93. The zero-order chi connectivity index (χ0) is 11.4. The zero-order valence-corrected chi connectivity index (χ0v) is 10.5. The molecule has 0 atom stereocenters. The summed E-state index contributed by atoms with van der Waals surface area (Å²) >= 11 is 7.35. The van der Waals surface area contributed by atoms with E-state index in [1.165, 1.54) is 10.5 Å². The van der Waals surface area contributed by atoms with Gasteiger partial charge in [0, 0.05) is 4.90 Å². The highest BCUT2D eigenvalue weighted by Crippen LogP contribution is 2.21. The molecule has 0 fully saturated rings. The number of aromatic nitrogens is 3. The van der Waals surface area contributed by atoms with E-state index < -0.39 is 0 Å². The normalized spacial score (nSPS) is 10.6. The summed E-state index contributed by atoms with van der Waals surface area (Å²) in [5.41, 5.74) is 1.27. The van der Waals surface area contributed by atoms with Crippen molar-refractivity contribution in [1.29, 1.82) is 0 Å². The lowest BCUT2D eigenvalue weighted by Crippen LogP contribution is -1.84. The van der Waals surface area contributed by atoms with Gasteiger partial charge in [0.05, 0.1) is 11.6 Å². The number of rotatable bonds is 4. The molecule has 0 radical (unpaired) electrons. The van der Waals surface area contributed by atoms with Gasteiger partial charge in [0.2, 0.25) is 0 Å². The fraction of sp³-hybridized carbons (Fsp3) is 0.273. The number of nitrogens with zero attached hydrogens (tertiary/aromatic N) is 2. The summed E-state index contributed by atoms with van der Waals surface area (Å²) in [7, 11) is 0. The monoisotopic (exact) mass is 253 g/mol. The summed E-state index contributed by atoms with van der Waals surface area (Å²) in [4.78, 5) is 5.47. The predicted molar refractivity (Wildman–Crippen MR) is 66.7 cm³/mol. The molecule has 0 spiro atoms. The maximum Gasteiger partial charge on any atom is 0.165 e. The lowest BCUT2D eigenvalue weighted by molar-refractivity contribution is 1.00. The van der Waals surface area contributed by atoms with Gasteiger partial charge in [-0.15, -0.1) is 23.4 Å². The molecule has 2 rings (SSSR count). The molecule has 16 heavy (non-hydrogen) atoms. The molecule has 0 bridgehead atoms. The van der Waals surface area contributed by atoms with Crippen LogP contribution in [0.15, 0.2) is 29.2 Å². The topological polar surface area (TPSA) is 41.6 Å². The second kappa shape index (κ2) is 5.37. The number of aromatic amines is 1. The molecule has 0 saturated heterocycles. The number of benzene rings is 1. The molecule has 0 saturated carbocycles. The number of alkyl halides is 1. The van der Waals surface area contributed by atoms with Crippen LogP contribution in [0.3, 0.4) is 0 Å². The van der Waals surface area contributed by atoms with Crippen LogP contribution in [0.4, 0.5) is 0 Å². The number of hydrogen-bond donors (Lipinski definition) is 1. The Morgan fingerprint density at radius 3 is 2.69 bits per heavy atom. The quantitative estimate of drug-likeness (QED) is 0.672. The van der Waals surface area contributed by atoms with Crippen LogP contribution in [0.25, 0.3) is 0 Å². The summed E-state index contributed by atoms with van der Waals surface area (Å²) in [6, 6.07) is 8.43. The molecule has 1 aromatic carbocycles. The van der Waals surface area contributed by atoms with Gasteiger partial charge in [-0.1, -0.05) is 17.7 Å². The largest absolute Gasteiger partial charge is 0.262 e. The van der Waals surface area contributed by atoms with E-state index in [1.54, 1.807) is 11.8 Å². The third-order valence-electron chi connectivity index (χ3n) is 2.09. The molecule has 0 amide bonds. The average Bonchev–Trinajstić information content (AvgIpc) is 2.76. The molecule has 1 heterocycles. The minimum absolute atomic E-state index is 0.353. The van der Waals surface area contributed by atoms with Crippen molar-refractivity contribution in [1.82, 2.24) is 15.2 Å². The van der Waals surface area contributed by atoms with E-state index in [-0.39, 0.29) is 0 Å². The fourth-order valence-corrected chi connectivity index (χ4v) is 2.13. The van der Waals surface area contributed by atoms with Gasteiger partial charge in [-0.2, -0.15) is 5.10 Å². The minimum Gasteiger partial charge on any atom is -0.262 e. The van der Waals surface area contributed by atoms with Crippen LogP contribution in [-0.2, 0) is 11.6 Å². The van der Waals surface area contributed by atoms with Gasteiger partial charge in [-0.25, -0.2) is 4.98 Å². The second-order valence-electron chi connectivity index (χ2n) is 3.43. The Balaban J connectivity index is 1.94. The number of aryl methyl sites for hydroxylation is 1. The highest BCUT2D eigenvalue weighted by molar-refractivity contribution is 7.98. The molecule has 1 N–H and O–H groups in total. The zero-order valence-electron chi connectivity index (χ0n) is 8.90. The standard InChI is InChI=1S/C11H12ClN3S/c1-8-2-4-9(5-3-8)16-7-11-13-10(6-12)14-15-11/h2-5H,6-7H2,1H3,(H,13,14,15). The van der Waals surface area contributed by atoms with Gasteiger partial charge < -0.3 is 0 Å². The maximum atomic E-state index is 5.62. The molecule has 5 heteroatoms. The summed E-state index contributed by atoms with van der Waals surface area (Å²) in [6.45, 7) is 2.08. The van der Waals surface area contributed by atoms with Gasteiger partial charge in [0.1, 0.15) is 5.82 Å². The summed E-state index contributed by atoms with van der Waals surface area (Å²) in [6.07, 6.45) is 0. The van der Waals surface area contributed by atoms with Gasteiger partial charge in [0.15, 0.2) is 5.82 Å². The highest BCUT2D eigenvalue weighted by Gasteiger charge is 2.02. The third kappa shape index (κ3) is 3.00. The van der Waals surface area contributed by atoms with E-state index in [0.29, 0.717) is 11.7 Å². The lowest BCUT2D eigenvalue weighted by Gasteiger charge is -1.99. The Morgan fingerprint density at radius 2 is 2.06 bits per heavy atom. The van der Waals surface area contributed by atoms with E-state index in [2.05, 4.69) is 46.4 Å². The molecule has 1 aromatic heterocycles. The van der Waals surface area contributed by atoms with E-state index in [0.717, 1.165) is 11.6 Å². The highest BCUT2D eigenvalue weighted by atomic mass is 35.5. The second-order valence-corrected chi connectivity index (χ2v) is 4.75. The Kier molecular flexibility index (Phi) is 3.85. The Labute approximate surface area is 104 Å². The number of H-pyrrole nitrogens is 1. The molecular formula is C11H12ClN3S. The van der Waals surface area contributed by atoms with Crippen LogP contribution < -0.4 is 0 Å². The van der Waals surface area contributed by atoms with Crippen molar-refractivity contribution in [3.05, 3.63) is 41.5 Å². The smallest absolute Gasteiger partial charge is 0.165 e. The third-order valence-corrected chi connectivity index (χ3v) is 3.36. The van der Waals surface area contributed by atoms with Crippen LogP contribution >= 0.6 is 23.4 Å². The number of nitrogens with one attached hydrogen (secondary N) is 1. The van der Waals surface area contributed by atoms with E-state index >= 15 is 0 Å². The Bertz CT molecular complexity index is 453. The van der Waals surface area contributed by atoms with Crippen molar-refractivity contribution >= 4 is 23.4 Å².